The second-order valence-electron chi connectivity index (χ2n) is 5.43. The third-order valence-corrected chi connectivity index (χ3v) is 3.62. The van der Waals surface area contributed by atoms with Crippen molar-refractivity contribution in [3.63, 3.8) is 0 Å². The molecule has 3 N–H and O–H groups in total. The van der Waals surface area contributed by atoms with E-state index in [1.165, 1.54) is 97.1 Å². The zero-order valence-corrected chi connectivity index (χ0v) is 15.8. The number of rotatable bonds is 0. The van der Waals surface area contributed by atoms with E-state index in [0.29, 0.717) is 0 Å². The van der Waals surface area contributed by atoms with Gasteiger partial charge in [0.25, 0.3) is 0 Å². The molecule has 0 radical (unpaired) electrons. The molecule has 0 aromatic heterocycles. The Bertz CT molecular complexity index is 99.2. The highest BCUT2D eigenvalue weighted by Crippen LogP contribution is 1.97. The van der Waals surface area contributed by atoms with Crippen molar-refractivity contribution < 1.29 is 0 Å². The molecule has 0 aromatic rings. The minimum Gasteiger partial charge on any atom is -0.317 e. The maximum atomic E-state index is 3.28. The summed E-state index contributed by atoms with van der Waals surface area (Å²) in [6.07, 6.45) is 12.6. The minimum absolute atomic E-state index is 0. The molecule has 0 atom stereocenters. The predicted octanol–water partition coefficient (Wildman–Crippen LogP) is 3.55. The largest absolute Gasteiger partial charge is 0.317 e. The molecule has 21 heavy (non-hydrogen) atoms. The van der Waals surface area contributed by atoms with Crippen molar-refractivity contribution in [3.8, 4) is 0 Å². The number of hydrogen-bond donors (Lipinski definition) is 3. The summed E-state index contributed by atoms with van der Waals surface area (Å²) in [7, 11) is 0. The highest BCUT2D eigenvalue weighted by molar-refractivity contribution is 5.86. The van der Waals surface area contributed by atoms with Crippen molar-refractivity contribution in [2.75, 3.05) is 39.3 Å². The van der Waals surface area contributed by atoms with Crippen molar-refractivity contribution in [2.45, 2.75) is 57.8 Å². The standard InChI is InChI=1S/3C5H11N.3ClH/c3*1-2-4-6-5-3-1;;;/h3*6H,1-5H2;3*1H. The van der Waals surface area contributed by atoms with Gasteiger partial charge >= 0.3 is 0 Å². The van der Waals surface area contributed by atoms with Gasteiger partial charge in [-0.1, -0.05) is 19.3 Å². The molecule has 3 fully saturated rings. The Labute approximate surface area is 150 Å². The van der Waals surface area contributed by atoms with E-state index in [4.69, 9.17) is 0 Å². The van der Waals surface area contributed by atoms with Crippen molar-refractivity contribution in [2.24, 2.45) is 0 Å². The van der Waals surface area contributed by atoms with E-state index in [-0.39, 0.29) is 37.2 Å². The zero-order valence-electron chi connectivity index (χ0n) is 13.3. The Morgan fingerprint density at radius 3 is 0.524 bits per heavy atom. The van der Waals surface area contributed by atoms with Crippen LogP contribution in [0.1, 0.15) is 57.8 Å². The first kappa shape index (κ1) is 26.6. The summed E-state index contributed by atoms with van der Waals surface area (Å²) < 4.78 is 0. The number of halogens is 3. The van der Waals surface area contributed by atoms with Gasteiger partial charge in [0.05, 0.1) is 0 Å². The van der Waals surface area contributed by atoms with Crippen molar-refractivity contribution in [3.05, 3.63) is 0 Å². The molecule has 3 saturated heterocycles. The fourth-order valence-electron chi connectivity index (χ4n) is 2.41. The molecular formula is C15H36Cl3N3. The highest BCUT2D eigenvalue weighted by atomic mass is 35.5. The molecule has 132 valence electrons. The van der Waals surface area contributed by atoms with E-state index in [2.05, 4.69) is 16.0 Å². The van der Waals surface area contributed by atoms with Crippen LogP contribution in [-0.2, 0) is 0 Å². The van der Waals surface area contributed by atoms with Crippen LogP contribution in [0, 0.1) is 0 Å². The fraction of sp³-hybridized carbons (Fsp3) is 1.00. The predicted molar refractivity (Wildman–Crippen MR) is 102 cm³/mol. The summed E-state index contributed by atoms with van der Waals surface area (Å²) in [5.74, 6) is 0. The number of piperidine rings is 3. The summed E-state index contributed by atoms with van der Waals surface area (Å²) in [6.45, 7) is 7.50. The van der Waals surface area contributed by atoms with Gasteiger partial charge in [-0.25, -0.2) is 0 Å². The fourth-order valence-corrected chi connectivity index (χ4v) is 2.41. The molecule has 0 aromatic carbocycles. The van der Waals surface area contributed by atoms with E-state index >= 15 is 0 Å². The smallest absolute Gasteiger partial charge is 0.00489 e. The van der Waals surface area contributed by atoms with Crippen LogP contribution in [0.25, 0.3) is 0 Å². The van der Waals surface area contributed by atoms with Gasteiger partial charge in [0.2, 0.25) is 0 Å². The van der Waals surface area contributed by atoms with Crippen LogP contribution in [0.15, 0.2) is 0 Å². The summed E-state index contributed by atoms with van der Waals surface area (Å²) >= 11 is 0. The molecule has 3 nitrogen and oxygen atoms in total. The van der Waals surface area contributed by atoms with E-state index < -0.39 is 0 Å². The van der Waals surface area contributed by atoms with Gasteiger partial charge in [-0.05, 0) is 77.8 Å². The van der Waals surface area contributed by atoms with Crippen molar-refractivity contribution >= 4 is 37.2 Å². The SMILES string of the molecule is C1CCNCC1.C1CCNCC1.C1CCNCC1.Cl.Cl.Cl. The monoisotopic (exact) mass is 363 g/mol. The van der Waals surface area contributed by atoms with Crippen molar-refractivity contribution in [1.29, 1.82) is 0 Å². The second-order valence-corrected chi connectivity index (χ2v) is 5.43. The highest BCUT2D eigenvalue weighted by Gasteiger charge is 1.94. The van der Waals surface area contributed by atoms with Gasteiger partial charge in [0, 0.05) is 0 Å². The summed E-state index contributed by atoms with van der Waals surface area (Å²) in [5, 5.41) is 9.85. The van der Waals surface area contributed by atoms with E-state index in [9.17, 15) is 0 Å². The van der Waals surface area contributed by atoms with E-state index in [1.807, 2.05) is 0 Å². The zero-order chi connectivity index (χ0) is 12.7. The maximum absolute atomic E-state index is 3.28. The Morgan fingerprint density at radius 1 is 0.286 bits per heavy atom. The van der Waals surface area contributed by atoms with Gasteiger partial charge < -0.3 is 16.0 Å². The van der Waals surface area contributed by atoms with E-state index in [1.54, 1.807) is 0 Å². The van der Waals surface area contributed by atoms with Gasteiger partial charge in [0.1, 0.15) is 0 Å². The normalized spacial score (nSPS) is 20.6. The van der Waals surface area contributed by atoms with E-state index in [0.717, 1.165) is 0 Å². The molecule has 0 saturated carbocycles. The van der Waals surface area contributed by atoms with Crippen LogP contribution >= 0.6 is 37.2 Å². The van der Waals surface area contributed by atoms with Crippen LogP contribution < -0.4 is 16.0 Å². The topological polar surface area (TPSA) is 36.1 Å². The molecule has 3 aliphatic heterocycles. The van der Waals surface area contributed by atoms with Crippen LogP contribution in [-0.4, -0.2) is 39.3 Å². The molecule has 0 spiro atoms. The van der Waals surface area contributed by atoms with Crippen LogP contribution in [0.3, 0.4) is 0 Å². The average molecular weight is 365 g/mol. The molecule has 0 unspecified atom stereocenters. The second kappa shape index (κ2) is 23.0. The first-order valence-corrected chi connectivity index (χ1v) is 8.12. The number of nitrogens with one attached hydrogen (secondary N) is 3. The Morgan fingerprint density at radius 2 is 0.476 bits per heavy atom. The lowest BCUT2D eigenvalue weighted by Crippen LogP contribution is -2.21. The minimum atomic E-state index is 0. The van der Waals surface area contributed by atoms with Gasteiger partial charge in [-0.2, -0.15) is 0 Å². The van der Waals surface area contributed by atoms with Gasteiger partial charge in [-0.15, -0.1) is 37.2 Å². The quantitative estimate of drug-likeness (QED) is 0.615. The maximum Gasteiger partial charge on any atom is -0.00489 e. The van der Waals surface area contributed by atoms with Crippen LogP contribution in [0.2, 0.25) is 0 Å². The molecule has 0 bridgehead atoms. The lowest BCUT2D eigenvalue weighted by atomic mass is 10.2. The Kier molecular flexibility index (Phi) is 29.2. The molecule has 0 aliphatic carbocycles. The van der Waals surface area contributed by atoms with Gasteiger partial charge in [0.15, 0.2) is 0 Å². The first-order valence-electron chi connectivity index (χ1n) is 8.12. The summed E-state index contributed by atoms with van der Waals surface area (Å²) in [4.78, 5) is 0. The average Bonchev–Trinajstić information content (AvgIpc) is 2.54. The summed E-state index contributed by atoms with van der Waals surface area (Å²) in [5.41, 5.74) is 0. The third kappa shape index (κ3) is 20.8. The molecule has 6 heteroatoms. The Balaban J connectivity index is -0.000000216. The third-order valence-electron chi connectivity index (χ3n) is 3.62. The van der Waals surface area contributed by atoms with Gasteiger partial charge in [-0.3, -0.25) is 0 Å². The lowest BCUT2D eigenvalue weighted by molar-refractivity contribution is 0.520. The molecule has 3 aliphatic rings. The molecular weight excluding hydrogens is 329 g/mol. The molecule has 3 heterocycles. The van der Waals surface area contributed by atoms with Crippen molar-refractivity contribution in [1.82, 2.24) is 16.0 Å². The first-order chi connectivity index (χ1) is 9.00. The molecule has 3 rings (SSSR count). The Hall–Kier alpha value is 0.750. The summed E-state index contributed by atoms with van der Waals surface area (Å²) in [6, 6.07) is 0. The van der Waals surface area contributed by atoms with Crippen LogP contribution in [0.5, 0.6) is 0 Å². The van der Waals surface area contributed by atoms with Crippen LogP contribution in [0.4, 0.5) is 0 Å². The molecule has 0 amide bonds. The number of hydrogen-bond acceptors (Lipinski definition) is 3. The lowest BCUT2D eigenvalue weighted by Gasteiger charge is -2.08.